The number of nitrogens with zero attached hydrogens (tertiary/aromatic N) is 5. The molecule has 1 amide bonds. The zero-order chi connectivity index (χ0) is 24.7. The maximum atomic E-state index is 12.2. The van der Waals surface area contributed by atoms with Crippen molar-refractivity contribution in [2.24, 2.45) is 0 Å². The van der Waals surface area contributed by atoms with Crippen LogP contribution in [0.2, 0.25) is 0 Å². The molecular weight excluding hydrogens is 454 g/mol. The predicted octanol–water partition coefficient (Wildman–Crippen LogP) is 3.33. The Hall–Kier alpha value is -4.11. The summed E-state index contributed by atoms with van der Waals surface area (Å²) in [4.78, 5) is 32.5. The number of carbonyl (C=O) groups excluding carboxylic acids is 1. The number of hydrogen-bond acceptors (Lipinski definition) is 8. The van der Waals surface area contributed by atoms with Crippen molar-refractivity contribution < 1.29 is 9.53 Å². The summed E-state index contributed by atoms with van der Waals surface area (Å²) in [5.41, 5.74) is 4.29. The van der Waals surface area contributed by atoms with E-state index in [1.54, 1.807) is 25.6 Å². The predicted molar refractivity (Wildman–Crippen MR) is 140 cm³/mol. The maximum absolute atomic E-state index is 12.2. The Morgan fingerprint density at radius 1 is 1.06 bits per heavy atom. The number of ether oxygens (including phenoxy) is 1. The van der Waals surface area contributed by atoms with Crippen molar-refractivity contribution in [2.75, 3.05) is 50.1 Å². The molecule has 9 nitrogen and oxygen atoms in total. The van der Waals surface area contributed by atoms with Gasteiger partial charge in [0.25, 0.3) is 5.91 Å². The molecule has 5 rings (SSSR count). The summed E-state index contributed by atoms with van der Waals surface area (Å²) in [5.74, 6) is 1.59. The molecule has 0 aliphatic carbocycles. The van der Waals surface area contributed by atoms with Crippen LogP contribution in [0.15, 0.2) is 61.2 Å². The second-order valence-electron chi connectivity index (χ2n) is 8.57. The van der Waals surface area contributed by atoms with Gasteiger partial charge in [-0.2, -0.15) is 0 Å². The van der Waals surface area contributed by atoms with Gasteiger partial charge in [-0.15, -0.1) is 0 Å². The van der Waals surface area contributed by atoms with Crippen LogP contribution in [0.3, 0.4) is 0 Å². The number of amides is 1. The summed E-state index contributed by atoms with van der Waals surface area (Å²) in [6.07, 6.45) is 6.84. The molecule has 0 bridgehead atoms. The Morgan fingerprint density at radius 2 is 2.00 bits per heavy atom. The highest BCUT2D eigenvalue weighted by Gasteiger charge is 2.13. The molecule has 4 heterocycles. The van der Waals surface area contributed by atoms with Crippen LogP contribution < -0.4 is 15.5 Å². The van der Waals surface area contributed by atoms with Crippen LogP contribution in [0.25, 0.3) is 22.2 Å². The quantitative estimate of drug-likeness (QED) is 0.412. The molecule has 1 aliphatic heterocycles. The first-order valence-electron chi connectivity index (χ1n) is 12.2. The van der Waals surface area contributed by atoms with Crippen LogP contribution in [-0.4, -0.2) is 65.7 Å². The van der Waals surface area contributed by atoms with E-state index < -0.39 is 0 Å². The van der Waals surface area contributed by atoms with Gasteiger partial charge in [0, 0.05) is 62.7 Å². The first-order valence-corrected chi connectivity index (χ1v) is 12.2. The van der Waals surface area contributed by atoms with Crippen LogP contribution in [0.5, 0.6) is 0 Å². The molecule has 0 saturated carbocycles. The first kappa shape index (κ1) is 23.6. The summed E-state index contributed by atoms with van der Waals surface area (Å²) in [6, 6.07) is 13.7. The molecule has 4 aromatic rings. The normalized spacial score (nSPS) is 13.9. The Morgan fingerprint density at radius 3 is 2.86 bits per heavy atom. The van der Waals surface area contributed by atoms with E-state index in [9.17, 15) is 4.79 Å². The van der Waals surface area contributed by atoms with Crippen molar-refractivity contribution in [1.82, 2.24) is 25.3 Å². The lowest BCUT2D eigenvalue weighted by Gasteiger charge is -2.20. The summed E-state index contributed by atoms with van der Waals surface area (Å²) in [7, 11) is 1.63. The largest absolute Gasteiger partial charge is 0.380 e. The molecule has 1 fully saturated rings. The highest BCUT2D eigenvalue weighted by Crippen LogP contribution is 2.23. The number of fused-ring (bicyclic) bond motifs is 1. The second kappa shape index (κ2) is 11.1. The lowest BCUT2D eigenvalue weighted by atomic mass is 10.0. The van der Waals surface area contributed by atoms with E-state index in [0.29, 0.717) is 12.1 Å². The fraction of sp³-hybridized carbons (Fsp3) is 0.296. The van der Waals surface area contributed by atoms with Crippen molar-refractivity contribution in [3.63, 3.8) is 0 Å². The van der Waals surface area contributed by atoms with Gasteiger partial charge in [-0.25, -0.2) is 15.0 Å². The Bertz CT molecular complexity index is 1340. The lowest BCUT2D eigenvalue weighted by molar-refractivity contribution is 0.0964. The van der Waals surface area contributed by atoms with Gasteiger partial charge in [0.2, 0.25) is 0 Å². The number of hydrogen-bond donors (Lipinski definition) is 2. The SMILES string of the molecule is CNC(=O)c1ccnc2c(CCNc3cc(-c4ccc(N5CCCOCC5)nc4)ncn3)cccc12. The Balaban J connectivity index is 1.26. The minimum Gasteiger partial charge on any atom is -0.380 e. The van der Waals surface area contributed by atoms with E-state index in [-0.39, 0.29) is 5.91 Å². The van der Waals surface area contributed by atoms with Crippen LogP contribution >= 0.6 is 0 Å². The average Bonchev–Trinajstić information content (AvgIpc) is 3.22. The number of anilines is 2. The van der Waals surface area contributed by atoms with Gasteiger partial charge in [0.15, 0.2) is 0 Å². The smallest absolute Gasteiger partial charge is 0.251 e. The summed E-state index contributed by atoms with van der Waals surface area (Å²) in [5, 5.41) is 6.93. The number of aromatic nitrogens is 4. The number of pyridine rings is 2. The third-order valence-electron chi connectivity index (χ3n) is 6.28. The Labute approximate surface area is 210 Å². The molecule has 2 N–H and O–H groups in total. The molecule has 0 atom stereocenters. The molecule has 1 aromatic carbocycles. The standard InChI is InChI=1S/C27H29N7O2/c1-28-27(35)22-9-11-30-26-19(4-2-5-21(22)26)8-10-29-24-16-23(32-18-33-24)20-6-7-25(31-17-20)34-12-3-14-36-15-13-34/h2,4-7,9,11,16-18H,3,8,10,12-15H2,1H3,(H,28,35)(H,29,32,33). The van der Waals surface area contributed by atoms with Gasteiger partial charge in [-0.1, -0.05) is 18.2 Å². The molecule has 1 saturated heterocycles. The zero-order valence-electron chi connectivity index (χ0n) is 20.3. The Kier molecular flexibility index (Phi) is 7.28. The topological polar surface area (TPSA) is 105 Å². The molecule has 9 heteroatoms. The fourth-order valence-corrected chi connectivity index (χ4v) is 4.41. The third kappa shape index (κ3) is 5.26. The van der Waals surface area contributed by atoms with E-state index in [1.165, 1.54) is 0 Å². The highest BCUT2D eigenvalue weighted by molar-refractivity contribution is 6.06. The van der Waals surface area contributed by atoms with Crippen LogP contribution in [0.4, 0.5) is 11.6 Å². The van der Waals surface area contributed by atoms with Crippen molar-refractivity contribution in [3.8, 4) is 11.3 Å². The monoisotopic (exact) mass is 483 g/mol. The number of para-hydroxylation sites is 1. The number of nitrogens with one attached hydrogen (secondary N) is 2. The maximum Gasteiger partial charge on any atom is 0.251 e. The molecular formula is C27H29N7O2. The van der Waals surface area contributed by atoms with Crippen LogP contribution in [-0.2, 0) is 11.2 Å². The number of carbonyl (C=O) groups is 1. The van der Waals surface area contributed by atoms with Crippen molar-refractivity contribution in [3.05, 3.63) is 72.3 Å². The molecule has 36 heavy (non-hydrogen) atoms. The van der Waals surface area contributed by atoms with Gasteiger partial charge in [-0.05, 0) is 36.6 Å². The number of rotatable bonds is 7. The minimum atomic E-state index is -0.117. The summed E-state index contributed by atoms with van der Waals surface area (Å²) >= 11 is 0. The van der Waals surface area contributed by atoms with Gasteiger partial charge in [0.1, 0.15) is 18.0 Å². The zero-order valence-corrected chi connectivity index (χ0v) is 20.3. The minimum absolute atomic E-state index is 0.117. The van der Waals surface area contributed by atoms with E-state index in [0.717, 1.165) is 78.5 Å². The summed E-state index contributed by atoms with van der Waals surface area (Å²) < 4.78 is 5.54. The highest BCUT2D eigenvalue weighted by atomic mass is 16.5. The molecule has 0 radical (unpaired) electrons. The first-order chi connectivity index (χ1) is 17.7. The van der Waals surface area contributed by atoms with Gasteiger partial charge < -0.3 is 20.3 Å². The van der Waals surface area contributed by atoms with Crippen LogP contribution in [0.1, 0.15) is 22.3 Å². The molecule has 0 spiro atoms. The van der Waals surface area contributed by atoms with Gasteiger partial charge >= 0.3 is 0 Å². The van der Waals surface area contributed by atoms with E-state index in [1.807, 2.05) is 42.6 Å². The fourth-order valence-electron chi connectivity index (χ4n) is 4.41. The second-order valence-corrected chi connectivity index (χ2v) is 8.57. The van der Waals surface area contributed by atoms with Crippen molar-refractivity contribution in [2.45, 2.75) is 12.8 Å². The third-order valence-corrected chi connectivity index (χ3v) is 6.28. The molecule has 1 aliphatic rings. The van der Waals surface area contributed by atoms with E-state index in [4.69, 9.17) is 4.74 Å². The lowest BCUT2D eigenvalue weighted by Crippen LogP contribution is -2.26. The van der Waals surface area contributed by atoms with Crippen molar-refractivity contribution in [1.29, 1.82) is 0 Å². The van der Waals surface area contributed by atoms with Crippen LogP contribution in [0, 0.1) is 0 Å². The summed E-state index contributed by atoms with van der Waals surface area (Å²) in [6.45, 7) is 4.00. The van der Waals surface area contributed by atoms with Gasteiger partial charge in [-0.3, -0.25) is 9.78 Å². The molecule has 0 unspecified atom stereocenters. The molecule has 3 aromatic heterocycles. The van der Waals surface area contributed by atoms with Crippen molar-refractivity contribution >= 4 is 28.4 Å². The number of benzene rings is 1. The van der Waals surface area contributed by atoms with Gasteiger partial charge in [0.05, 0.1) is 23.4 Å². The average molecular weight is 484 g/mol. The van der Waals surface area contributed by atoms with E-state index >= 15 is 0 Å². The molecule has 184 valence electrons. The van der Waals surface area contributed by atoms with E-state index in [2.05, 4.69) is 35.5 Å².